The molecular formula is C16H27Cl2FN2O. The van der Waals surface area contributed by atoms with Gasteiger partial charge < -0.3 is 10.1 Å². The highest BCUT2D eigenvalue weighted by atomic mass is 35.5. The van der Waals surface area contributed by atoms with Gasteiger partial charge in [0, 0.05) is 31.7 Å². The number of alkyl halides is 1. The van der Waals surface area contributed by atoms with Gasteiger partial charge in [0.15, 0.2) is 0 Å². The topological polar surface area (TPSA) is 24.5 Å². The monoisotopic (exact) mass is 352 g/mol. The lowest BCUT2D eigenvalue weighted by Gasteiger charge is -2.34. The molecule has 0 unspecified atom stereocenters. The first-order chi connectivity index (χ1) is 9.67. The molecule has 0 saturated carbocycles. The van der Waals surface area contributed by atoms with Crippen molar-refractivity contribution >= 4 is 24.8 Å². The minimum absolute atomic E-state index is 0. The summed E-state index contributed by atoms with van der Waals surface area (Å²) >= 11 is 0. The van der Waals surface area contributed by atoms with Gasteiger partial charge in [-0.15, -0.1) is 24.8 Å². The van der Waals surface area contributed by atoms with Crippen LogP contribution in [0.4, 0.5) is 4.39 Å². The van der Waals surface area contributed by atoms with E-state index >= 15 is 0 Å². The lowest BCUT2D eigenvalue weighted by Crippen LogP contribution is -2.45. The fourth-order valence-corrected chi connectivity index (χ4v) is 2.74. The molecule has 0 amide bonds. The summed E-state index contributed by atoms with van der Waals surface area (Å²) in [5, 5.41) is 3.31. The predicted molar refractivity (Wildman–Crippen MR) is 94.7 cm³/mol. The minimum atomic E-state index is -0.377. The predicted octanol–water partition coefficient (Wildman–Crippen LogP) is 3.58. The lowest BCUT2D eigenvalue weighted by atomic mass is 9.96. The van der Waals surface area contributed by atoms with Crippen molar-refractivity contribution in [3.8, 4) is 5.75 Å². The highest BCUT2D eigenvalue weighted by Crippen LogP contribution is 2.32. The van der Waals surface area contributed by atoms with Crippen LogP contribution in [-0.2, 0) is 0 Å². The zero-order valence-electron chi connectivity index (χ0n) is 13.5. The van der Waals surface area contributed by atoms with Gasteiger partial charge in [-0.1, -0.05) is 26.0 Å². The van der Waals surface area contributed by atoms with Crippen molar-refractivity contribution in [1.82, 2.24) is 10.2 Å². The molecule has 1 aliphatic rings. The van der Waals surface area contributed by atoms with Gasteiger partial charge in [-0.2, -0.15) is 0 Å². The summed E-state index contributed by atoms with van der Waals surface area (Å²) in [5.74, 6) is 1.22. The Morgan fingerprint density at radius 1 is 1.23 bits per heavy atom. The van der Waals surface area contributed by atoms with Crippen LogP contribution in [0, 0.1) is 0 Å². The molecule has 0 aromatic heterocycles. The summed E-state index contributed by atoms with van der Waals surface area (Å²) < 4.78 is 19.1. The summed E-state index contributed by atoms with van der Waals surface area (Å²) in [6.45, 7) is 7.53. The van der Waals surface area contributed by atoms with E-state index < -0.39 is 0 Å². The summed E-state index contributed by atoms with van der Waals surface area (Å²) in [5.41, 5.74) is 2.21. The molecule has 3 nitrogen and oxygen atoms in total. The quantitative estimate of drug-likeness (QED) is 0.876. The Balaban J connectivity index is 0.00000220. The van der Waals surface area contributed by atoms with E-state index in [0.29, 0.717) is 5.92 Å². The summed E-state index contributed by atoms with van der Waals surface area (Å²) in [6, 6.07) is 5.94. The van der Waals surface area contributed by atoms with Crippen molar-refractivity contribution in [2.75, 3.05) is 40.0 Å². The molecule has 1 saturated heterocycles. The van der Waals surface area contributed by atoms with Gasteiger partial charge in [0.2, 0.25) is 0 Å². The molecule has 1 fully saturated rings. The molecule has 1 aromatic carbocycles. The second-order valence-electron chi connectivity index (χ2n) is 5.61. The second-order valence-corrected chi connectivity index (χ2v) is 5.61. The second kappa shape index (κ2) is 10.3. The Bertz CT molecular complexity index is 440. The molecule has 0 radical (unpaired) electrons. The average Bonchev–Trinajstić information content (AvgIpc) is 2.49. The van der Waals surface area contributed by atoms with Gasteiger partial charge >= 0.3 is 0 Å². The number of piperazine rings is 1. The van der Waals surface area contributed by atoms with Crippen molar-refractivity contribution in [3.05, 3.63) is 29.3 Å². The summed E-state index contributed by atoms with van der Waals surface area (Å²) in [7, 11) is 1.65. The molecule has 0 aliphatic carbocycles. The third-order valence-electron chi connectivity index (χ3n) is 4.02. The van der Waals surface area contributed by atoms with Gasteiger partial charge in [-0.05, 0) is 17.5 Å². The van der Waals surface area contributed by atoms with E-state index in [9.17, 15) is 4.39 Å². The molecule has 1 atom stereocenters. The Kier molecular flexibility index (Phi) is 10.0. The number of hydrogen-bond acceptors (Lipinski definition) is 3. The van der Waals surface area contributed by atoms with E-state index in [-0.39, 0.29) is 37.5 Å². The number of benzene rings is 1. The van der Waals surface area contributed by atoms with Crippen molar-refractivity contribution in [2.45, 2.75) is 25.8 Å². The Morgan fingerprint density at radius 3 is 2.36 bits per heavy atom. The van der Waals surface area contributed by atoms with Gasteiger partial charge in [0.25, 0.3) is 0 Å². The van der Waals surface area contributed by atoms with Crippen molar-refractivity contribution < 1.29 is 9.13 Å². The number of ether oxygens (including phenoxy) is 1. The van der Waals surface area contributed by atoms with E-state index in [1.54, 1.807) is 7.11 Å². The van der Waals surface area contributed by atoms with Crippen LogP contribution in [0.1, 0.15) is 36.9 Å². The van der Waals surface area contributed by atoms with Crippen molar-refractivity contribution in [2.24, 2.45) is 0 Å². The number of nitrogens with one attached hydrogen (secondary N) is 1. The van der Waals surface area contributed by atoms with E-state index in [0.717, 1.165) is 37.5 Å². The van der Waals surface area contributed by atoms with Crippen LogP contribution in [0.3, 0.4) is 0 Å². The molecule has 128 valence electrons. The van der Waals surface area contributed by atoms with Gasteiger partial charge in [-0.25, -0.2) is 4.39 Å². The number of halogens is 3. The largest absolute Gasteiger partial charge is 0.496 e. The molecular weight excluding hydrogens is 326 g/mol. The molecule has 0 spiro atoms. The van der Waals surface area contributed by atoms with Crippen LogP contribution in [0.5, 0.6) is 5.75 Å². The average molecular weight is 353 g/mol. The fourth-order valence-electron chi connectivity index (χ4n) is 2.74. The molecule has 2 rings (SSSR count). The number of methoxy groups -OCH3 is 1. The first-order valence-electron chi connectivity index (χ1n) is 7.36. The zero-order valence-corrected chi connectivity index (χ0v) is 15.1. The maximum atomic E-state index is 13.7. The van der Waals surface area contributed by atoms with E-state index in [1.165, 1.54) is 5.56 Å². The smallest absolute Gasteiger partial charge is 0.123 e. The molecule has 6 heteroatoms. The minimum Gasteiger partial charge on any atom is -0.496 e. The van der Waals surface area contributed by atoms with Gasteiger partial charge in [-0.3, -0.25) is 4.90 Å². The van der Waals surface area contributed by atoms with Crippen LogP contribution < -0.4 is 10.1 Å². The number of nitrogens with zero attached hydrogens (tertiary/aromatic N) is 1. The van der Waals surface area contributed by atoms with Crippen LogP contribution in [-0.4, -0.2) is 44.9 Å². The van der Waals surface area contributed by atoms with Crippen molar-refractivity contribution in [1.29, 1.82) is 0 Å². The van der Waals surface area contributed by atoms with Crippen LogP contribution in [0.15, 0.2) is 18.2 Å². The third-order valence-corrected chi connectivity index (χ3v) is 4.02. The maximum absolute atomic E-state index is 13.7. The molecule has 1 aromatic rings. The molecule has 22 heavy (non-hydrogen) atoms. The number of hydrogen-bond donors (Lipinski definition) is 1. The van der Waals surface area contributed by atoms with Crippen LogP contribution >= 0.6 is 24.8 Å². The first-order valence-corrected chi connectivity index (χ1v) is 7.36. The highest BCUT2D eigenvalue weighted by Gasteiger charge is 2.25. The highest BCUT2D eigenvalue weighted by molar-refractivity contribution is 5.85. The maximum Gasteiger partial charge on any atom is 0.123 e. The van der Waals surface area contributed by atoms with Crippen molar-refractivity contribution in [3.63, 3.8) is 0 Å². The Labute approximate surface area is 145 Å². The normalized spacial score (nSPS) is 16.6. The zero-order chi connectivity index (χ0) is 14.5. The Hall–Kier alpha value is -0.550. The fraction of sp³-hybridized carbons (Fsp3) is 0.625. The molecule has 1 aliphatic heterocycles. The molecule has 0 bridgehead atoms. The van der Waals surface area contributed by atoms with E-state index in [1.807, 2.05) is 6.07 Å². The SMILES string of the molecule is COc1ccc(C(C)C)cc1[C@@H](CF)N1CCNCC1.Cl.Cl. The lowest BCUT2D eigenvalue weighted by molar-refractivity contribution is 0.145. The number of rotatable bonds is 5. The third kappa shape index (κ3) is 4.98. The van der Waals surface area contributed by atoms with Crippen LogP contribution in [0.25, 0.3) is 0 Å². The standard InChI is InChI=1S/C16H25FN2O.2ClH/c1-12(2)13-4-5-16(20-3)14(10-13)15(11-17)19-8-6-18-7-9-19;;/h4-5,10,12,15,18H,6-9,11H2,1-3H3;2*1H/t15-;;/m1../s1. The van der Waals surface area contributed by atoms with E-state index in [2.05, 4.69) is 36.2 Å². The first kappa shape index (κ1) is 21.4. The summed E-state index contributed by atoms with van der Waals surface area (Å²) in [6.07, 6.45) is 0. The Morgan fingerprint density at radius 2 is 1.86 bits per heavy atom. The summed E-state index contributed by atoms with van der Waals surface area (Å²) in [4.78, 5) is 2.21. The van der Waals surface area contributed by atoms with Crippen LogP contribution in [0.2, 0.25) is 0 Å². The van der Waals surface area contributed by atoms with Gasteiger partial charge in [0.1, 0.15) is 12.4 Å². The molecule has 1 N–H and O–H groups in total. The van der Waals surface area contributed by atoms with Gasteiger partial charge in [0.05, 0.1) is 13.2 Å². The molecule has 1 heterocycles. The van der Waals surface area contributed by atoms with E-state index in [4.69, 9.17) is 4.74 Å².